The molecule has 3 rings (SSSR count). The van der Waals surface area contributed by atoms with Gasteiger partial charge in [-0.3, -0.25) is 19.1 Å². The van der Waals surface area contributed by atoms with Gasteiger partial charge < -0.3 is 18.9 Å². The number of hydrogen-bond acceptors (Lipinski definition) is 8. The largest absolute Gasteiger partial charge is 0.458 e. The maximum Gasteiger partial charge on any atom is 0.308 e. The lowest BCUT2D eigenvalue weighted by molar-refractivity contribution is -0.258. The minimum atomic E-state index is -1.08. The summed E-state index contributed by atoms with van der Waals surface area (Å²) in [6, 6.07) is 0. The number of carbonyl (C=O) groups is 3. The van der Waals surface area contributed by atoms with Crippen LogP contribution in [0.4, 0.5) is 0 Å². The number of carbonyl (C=O) groups excluding carboxylic acids is 3. The lowest BCUT2D eigenvalue weighted by Gasteiger charge is -2.61. The van der Waals surface area contributed by atoms with Crippen molar-refractivity contribution in [1.82, 2.24) is 0 Å². The van der Waals surface area contributed by atoms with Crippen molar-refractivity contribution in [3.8, 4) is 0 Å². The molecule has 2 fully saturated rings. The number of methoxy groups -OCH3 is 1. The first-order chi connectivity index (χ1) is 17.4. The van der Waals surface area contributed by atoms with Crippen LogP contribution in [0, 0.1) is 22.7 Å². The summed E-state index contributed by atoms with van der Waals surface area (Å²) in [6.45, 7) is 17.0. The van der Waals surface area contributed by atoms with Gasteiger partial charge in [-0.2, -0.15) is 0 Å². The molecule has 8 nitrogen and oxygen atoms in total. The third-order valence-electron chi connectivity index (χ3n) is 8.66. The second kappa shape index (κ2) is 11.5. The van der Waals surface area contributed by atoms with Gasteiger partial charge in [0.25, 0.3) is 0 Å². The number of rotatable bonds is 10. The van der Waals surface area contributed by atoms with E-state index in [-0.39, 0.29) is 29.8 Å². The first-order valence-corrected chi connectivity index (χ1v) is 13.2. The molecule has 0 aromatic heterocycles. The summed E-state index contributed by atoms with van der Waals surface area (Å²) < 4.78 is 29.7. The number of esters is 3. The van der Waals surface area contributed by atoms with Gasteiger partial charge in [0.15, 0.2) is 0 Å². The molecular formula is C29H42O8. The van der Waals surface area contributed by atoms with E-state index in [9.17, 15) is 14.4 Å². The molecule has 0 amide bonds. The van der Waals surface area contributed by atoms with E-state index in [4.69, 9.17) is 23.7 Å². The highest BCUT2D eigenvalue weighted by Crippen LogP contribution is 2.67. The Bertz CT molecular complexity index is 954. The summed E-state index contributed by atoms with van der Waals surface area (Å²) >= 11 is 0. The first-order valence-electron chi connectivity index (χ1n) is 13.2. The van der Waals surface area contributed by atoms with Crippen LogP contribution in [-0.2, 0) is 38.1 Å². The average molecular weight is 519 g/mol. The molecular weight excluding hydrogens is 476 g/mol. The molecule has 1 saturated carbocycles. The van der Waals surface area contributed by atoms with E-state index in [0.717, 1.165) is 18.4 Å². The minimum Gasteiger partial charge on any atom is -0.458 e. The van der Waals surface area contributed by atoms with Crippen LogP contribution >= 0.6 is 0 Å². The zero-order valence-corrected chi connectivity index (χ0v) is 23.0. The van der Waals surface area contributed by atoms with Gasteiger partial charge in [-0.25, -0.2) is 0 Å². The van der Waals surface area contributed by atoms with Crippen LogP contribution in [0.5, 0.6) is 0 Å². The standard InChI is InChI=1S/C29H42O8/c1-9-11-25(32)36-26-22-15-21(34-19(5)30)16-23-28(7,13-12-17(3)10-2)18(4)14-24(33-8)29(22,23)27(37-26)35-20(6)31/h10,15,18,21,23-24,26-27H,2-3,9,11-14,16H2,1,4-8H3/t18-,21-,23+,24+,26+,27+,28-,29-/m1/s1. The lowest BCUT2D eigenvalue weighted by Crippen LogP contribution is -2.63. The molecule has 1 aliphatic heterocycles. The van der Waals surface area contributed by atoms with Crippen molar-refractivity contribution >= 4 is 17.9 Å². The Hall–Kier alpha value is -2.45. The summed E-state index contributed by atoms with van der Waals surface area (Å²) in [6.07, 6.45) is 4.06. The zero-order valence-electron chi connectivity index (χ0n) is 23.0. The van der Waals surface area contributed by atoms with Gasteiger partial charge in [0.05, 0.1) is 11.5 Å². The summed E-state index contributed by atoms with van der Waals surface area (Å²) in [7, 11) is 1.64. The van der Waals surface area contributed by atoms with Gasteiger partial charge in [-0.05, 0) is 55.4 Å². The summed E-state index contributed by atoms with van der Waals surface area (Å²) in [4.78, 5) is 36.9. The van der Waals surface area contributed by atoms with Crippen LogP contribution in [0.25, 0.3) is 0 Å². The Labute approximate surface area is 220 Å². The van der Waals surface area contributed by atoms with Crippen LogP contribution in [-0.4, -0.2) is 49.8 Å². The number of allylic oxidation sites excluding steroid dienone is 2. The molecule has 0 unspecified atom stereocenters. The van der Waals surface area contributed by atoms with Crippen molar-refractivity contribution in [2.75, 3.05) is 7.11 Å². The lowest BCUT2D eigenvalue weighted by atomic mass is 9.45. The number of hydrogen-bond donors (Lipinski definition) is 0. The van der Waals surface area contributed by atoms with E-state index in [1.54, 1.807) is 13.2 Å². The van der Waals surface area contributed by atoms with Crippen LogP contribution < -0.4 is 0 Å². The van der Waals surface area contributed by atoms with Gasteiger partial charge in [0.1, 0.15) is 6.10 Å². The molecule has 8 atom stereocenters. The Balaban J connectivity index is 2.22. The Morgan fingerprint density at radius 1 is 1.14 bits per heavy atom. The number of ether oxygens (including phenoxy) is 5. The van der Waals surface area contributed by atoms with Crippen molar-refractivity contribution in [3.63, 3.8) is 0 Å². The van der Waals surface area contributed by atoms with Crippen LogP contribution in [0.3, 0.4) is 0 Å². The van der Waals surface area contributed by atoms with E-state index in [2.05, 4.69) is 27.0 Å². The monoisotopic (exact) mass is 518 g/mol. The van der Waals surface area contributed by atoms with Crippen LogP contribution in [0.1, 0.15) is 73.1 Å². The molecule has 0 aromatic rings. The molecule has 206 valence electrons. The topological polar surface area (TPSA) is 97.4 Å². The maximum atomic E-state index is 12.6. The summed E-state index contributed by atoms with van der Waals surface area (Å²) in [5, 5.41) is 0. The van der Waals surface area contributed by atoms with Crippen molar-refractivity contribution in [1.29, 1.82) is 0 Å². The normalized spacial score (nSPS) is 36.4. The Morgan fingerprint density at radius 2 is 1.81 bits per heavy atom. The smallest absolute Gasteiger partial charge is 0.308 e. The van der Waals surface area contributed by atoms with Crippen LogP contribution in [0.15, 0.2) is 36.5 Å². The molecule has 0 bridgehead atoms. The van der Waals surface area contributed by atoms with Crippen molar-refractivity contribution in [2.45, 2.75) is 97.9 Å². The van der Waals surface area contributed by atoms with Gasteiger partial charge in [0.2, 0.25) is 12.6 Å². The fraction of sp³-hybridized carbons (Fsp3) is 0.690. The van der Waals surface area contributed by atoms with Crippen molar-refractivity contribution in [3.05, 3.63) is 36.5 Å². The molecule has 0 N–H and O–H groups in total. The van der Waals surface area contributed by atoms with Gasteiger partial charge in [-0.1, -0.05) is 45.6 Å². The molecule has 1 spiro atoms. The molecule has 37 heavy (non-hydrogen) atoms. The van der Waals surface area contributed by atoms with Gasteiger partial charge in [-0.15, -0.1) is 0 Å². The molecule has 8 heteroatoms. The SMILES string of the molecule is C=CC(=C)CC[C@]1(C)[C@H](C)C[C@H](OC)[C@@]23C(=C[C@@H](OC(C)=O)C[C@@H]12)[C@@H](OC(=O)CCC)O[C@@H]3OC(C)=O. The maximum absolute atomic E-state index is 12.6. The molecule has 0 radical (unpaired) electrons. The van der Waals surface area contributed by atoms with E-state index in [0.29, 0.717) is 24.8 Å². The first kappa shape index (κ1) is 29.1. The summed E-state index contributed by atoms with van der Waals surface area (Å²) in [5.74, 6) is -1.30. The Morgan fingerprint density at radius 3 is 2.38 bits per heavy atom. The third-order valence-corrected chi connectivity index (χ3v) is 8.66. The van der Waals surface area contributed by atoms with Crippen molar-refractivity contribution in [2.24, 2.45) is 22.7 Å². The molecule has 0 aromatic carbocycles. The molecule has 1 saturated heterocycles. The highest BCUT2D eigenvalue weighted by atomic mass is 16.8. The fourth-order valence-electron chi connectivity index (χ4n) is 6.72. The van der Waals surface area contributed by atoms with E-state index in [1.165, 1.54) is 13.8 Å². The minimum absolute atomic E-state index is 0.185. The predicted molar refractivity (Wildman–Crippen MR) is 137 cm³/mol. The Kier molecular flexibility index (Phi) is 9.06. The van der Waals surface area contributed by atoms with Crippen molar-refractivity contribution < 1.29 is 38.1 Å². The van der Waals surface area contributed by atoms with Gasteiger partial charge >= 0.3 is 17.9 Å². The van der Waals surface area contributed by atoms with E-state index < -0.39 is 42.0 Å². The van der Waals surface area contributed by atoms with E-state index >= 15 is 0 Å². The third kappa shape index (κ3) is 5.41. The van der Waals surface area contributed by atoms with Crippen LogP contribution in [0.2, 0.25) is 0 Å². The zero-order chi connectivity index (χ0) is 27.5. The predicted octanol–water partition coefficient (Wildman–Crippen LogP) is 5.02. The second-order valence-corrected chi connectivity index (χ2v) is 10.9. The quantitative estimate of drug-likeness (QED) is 0.172. The second-order valence-electron chi connectivity index (χ2n) is 10.9. The average Bonchev–Trinajstić information content (AvgIpc) is 3.11. The fourth-order valence-corrected chi connectivity index (χ4v) is 6.72. The summed E-state index contributed by atoms with van der Waals surface area (Å²) in [5.41, 5.74) is 0.344. The van der Waals surface area contributed by atoms with Gasteiger partial charge in [0, 0.05) is 33.0 Å². The molecule has 2 aliphatic carbocycles. The highest BCUT2D eigenvalue weighted by molar-refractivity contribution is 5.70. The molecule has 1 heterocycles. The molecule has 3 aliphatic rings. The van der Waals surface area contributed by atoms with E-state index in [1.807, 2.05) is 13.0 Å². The highest BCUT2D eigenvalue weighted by Gasteiger charge is 2.71.